The van der Waals surface area contributed by atoms with E-state index in [-0.39, 0.29) is 17.3 Å². The van der Waals surface area contributed by atoms with Crippen molar-refractivity contribution < 1.29 is 9.13 Å². The Hall–Kier alpha value is -2.68. The molecule has 1 aromatic heterocycles. The number of nitriles is 1. The van der Waals surface area contributed by atoms with Gasteiger partial charge in [0.25, 0.3) is 0 Å². The first-order valence-electron chi connectivity index (χ1n) is 5.06. The van der Waals surface area contributed by atoms with Crippen LogP contribution < -0.4 is 10.1 Å². The molecular formula is C12H9FN4O. The van der Waals surface area contributed by atoms with E-state index in [0.29, 0.717) is 5.75 Å². The molecule has 0 aliphatic carbocycles. The van der Waals surface area contributed by atoms with Crippen molar-refractivity contribution in [2.24, 2.45) is 0 Å². The number of methoxy groups -OCH3 is 1. The molecule has 90 valence electrons. The average molecular weight is 244 g/mol. The zero-order valence-electron chi connectivity index (χ0n) is 9.51. The lowest BCUT2D eigenvalue weighted by Gasteiger charge is -2.07. The molecule has 0 unspecified atom stereocenters. The summed E-state index contributed by atoms with van der Waals surface area (Å²) in [6.45, 7) is 0. The highest BCUT2D eigenvalue weighted by molar-refractivity contribution is 5.57. The fourth-order valence-corrected chi connectivity index (χ4v) is 1.33. The van der Waals surface area contributed by atoms with Gasteiger partial charge in [0.2, 0.25) is 5.95 Å². The van der Waals surface area contributed by atoms with E-state index in [4.69, 9.17) is 10.00 Å². The lowest BCUT2D eigenvalue weighted by atomic mass is 10.3. The fraction of sp³-hybridized carbons (Fsp3) is 0.0833. The van der Waals surface area contributed by atoms with Crippen molar-refractivity contribution in [1.29, 1.82) is 5.26 Å². The van der Waals surface area contributed by atoms with Gasteiger partial charge in [0.15, 0.2) is 0 Å². The van der Waals surface area contributed by atoms with Crippen LogP contribution in [0.25, 0.3) is 0 Å². The summed E-state index contributed by atoms with van der Waals surface area (Å²) < 4.78 is 18.5. The molecule has 1 heterocycles. The molecule has 0 saturated heterocycles. The third-order valence-electron chi connectivity index (χ3n) is 2.19. The van der Waals surface area contributed by atoms with Gasteiger partial charge >= 0.3 is 0 Å². The van der Waals surface area contributed by atoms with Crippen LogP contribution >= 0.6 is 0 Å². The van der Waals surface area contributed by atoms with Crippen molar-refractivity contribution in [3.8, 4) is 11.8 Å². The normalized spacial score (nSPS) is 9.61. The van der Waals surface area contributed by atoms with Gasteiger partial charge in [-0.05, 0) is 18.2 Å². The number of rotatable bonds is 3. The lowest BCUT2D eigenvalue weighted by Crippen LogP contribution is -2.00. The van der Waals surface area contributed by atoms with E-state index in [0.717, 1.165) is 0 Å². The number of hydrogen-bond acceptors (Lipinski definition) is 5. The van der Waals surface area contributed by atoms with Gasteiger partial charge in [-0.25, -0.2) is 14.4 Å². The summed E-state index contributed by atoms with van der Waals surface area (Å²) in [4.78, 5) is 7.79. The number of anilines is 2. The summed E-state index contributed by atoms with van der Waals surface area (Å²) in [5.74, 6) is 0.207. The van der Waals surface area contributed by atoms with Gasteiger partial charge in [-0.2, -0.15) is 5.26 Å². The van der Waals surface area contributed by atoms with Gasteiger partial charge < -0.3 is 10.1 Å². The van der Waals surface area contributed by atoms with E-state index in [1.54, 1.807) is 0 Å². The highest BCUT2D eigenvalue weighted by atomic mass is 19.1. The molecule has 5 nitrogen and oxygen atoms in total. The Morgan fingerprint density at radius 3 is 2.94 bits per heavy atom. The first kappa shape index (κ1) is 11.8. The van der Waals surface area contributed by atoms with E-state index in [1.165, 1.54) is 37.6 Å². The number of hydrogen-bond donors (Lipinski definition) is 1. The van der Waals surface area contributed by atoms with Crippen LogP contribution in [0.1, 0.15) is 5.69 Å². The highest BCUT2D eigenvalue weighted by Crippen LogP contribution is 2.23. The van der Waals surface area contributed by atoms with Crippen molar-refractivity contribution in [2.45, 2.75) is 0 Å². The molecule has 0 atom stereocenters. The Labute approximate surface area is 103 Å². The van der Waals surface area contributed by atoms with Gasteiger partial charge in [0.1, 0.15) is 23.3 Å². The quantitative estimate of drug-likeness (QED) is 0.896. The lowest BCUT2D eigenvalue weighted by molar-refractivity contribution is 0.414. The van der Waals surface area contributed by atoms with Gasteiger partial charge in [-0.1, -0.05) is 0 Å². The monoisotopic (exact) mass is 244 g/mol. The highest BCUT2D eigenvalue weighted by Gasteiger charge is 2.06. The minimum absolute atomic E-state index is 0.154. The van der Waals surface area contributed by atoms with Gasteiger partial charge in [0, 0.05) is 12.3 Å². The van der Waals surface area contributed by atoms with E-state index < -0.39 is 5.82 Å². The molecule has 0 saturated carbocycles. The maximum atomic E-state index is 13.5. The minimum atomic E-state index is -0.457. The van der Waals surface area contributed by atoms with Crippen molar-refractivity contribution in [1.82, 2.24) is 9.97 Å². The zero-order chi connectivity index (χ0) is 13.0. The Morgan fingerprint density at radius 1 is 1.39 bits per heavy atom. The molecule has 18 heavy (non-hydrogen) atoms. The minimum Gasteiger partial charge on any atom is -0.497 e. The summed E-state index contributed by atoms with van der Waals surface area (Å²) in [6.07, 6.45) is 1.42. The van der Waals surface area contributed by atoms with E-state index in [1.807, 2.05) is 6.07 Å². The first-order chi connectivity index (χ1) is 8.72. The molecule has 2 aromatic rings. The van der Waals surface area contributed by atoms with Crippen molar-refractivity contribution in [2.75, 3.05) is 12.4 Å². The van der Waals surface area contributed by atoms with E-state index in [2.05, 4.69) is 15.3 Å². The number of aromatic nitrogens is 2. The molecule has 0 aliphatic rings. The predicted molar refractivity (Wildman–Crippen MR) is 63.0 cm³/mol. The summed E-state index contributed by atoms with van der Waals surface area (Å²) in [7, 11) is 1.49. The first-order valence-corrected chi connectivity index (χ1v) is 5.06. The molecule has 0 spiro atoms. The van der Waals surface area contributed by atoms with Crippen LogP contribution in [0.3, 0.4) is 0 Å². The number of benzene rings is 1. The molecule has 0 amide bonds. The molecule has 0 aliphatic heterocycles. The average Bonchev–Trinajstić information content (AvgIpc) is 2.41. The Morgan fingerprint density at radius 2 is 2.22 bits per heavy atom. The van der Waals surface area contributed by atoms with E-state index >= 15 is 0 Å². The molecular weight excluding hydrogens is 235 g/mol. The smallest absolute Gasteiger partial charge is 0.228 e. The number of nitrogens with one attached hydrogen (secondary N) is 1. The molecule has 1 N–H and O–H groups in total. The predicted octanol–water partition coefficient (Wildman–Crippen LogP) is 2.24. The van der Waals surface area contributed by atoms with Gasteiger partial charge in [0.05, 0.1) is 12.8 Å². The van der Waals surface area contributed by atoms with Crippen LogP contribution in [0, 0.1) is 17.1 Å². The maximum absolute atomic E-state index is 13.5. The summed E-state index contributed by atoms with van der Waals surface area (Å²) in [5, 5.41) is 11.4. The second-order valence-electron chi connectivity index (χ2n) is 3.35. The Balaban J connectivity index is 2.30. The summed E-state index contributed by atoms with van der Waals surface area (Å²) in [6, 6.07) is 7.61. The molecule has 0 radical (unpaired) electrons. The van der Waals surface area contributed by atoms with Crippen molar-refractivity contribution in [3.05, 3.63) is 42.0 Å². The molecule has 2 rings (SSSR count). The second-order valence-corrected chi connectivity index (χ2v) is 3.35. The molecule has 0 fully saturated rings. The third-order valence-corrected chi connectivity index (χ3v) is 2.19. The van der Waals surface area contributed by atoms with Crippen LogP contribution in [-0.4, -0.2) is 17.1 Å². The largest absolute Gasteiger partial charge is 0.497 e. The second kappa shape index (κ2) is 5.10. The van der Waals surface area contributed by atoms with Crippen LogP contribution in [0.5, 0.6) is 5.75 Å². The zero-order valence-corrected chi connectivity index (χ0v) is 9.51. The van der Waals surface area contributed by atoms with Crippen LogP contribution in [-0.2, 0) is 0 Å². The SMILES string of the molecule is COc1ccc(F)c(Nc2nccc(C#N)n2)c1. The number of ether oxygens (including phenoxy) is 1. The van der Waals surface area contributed by atoms with Crippen LogP contribution in [0.4, 0.5) is 16.0 Å². The van der Waals surface area contributed by atoms with Gasteiger partial charge in [-0.3, -0.25) is 0 Å². The van der Waals surface area contributed by atoms with Gasteiger partial charge in [-0.15, -0.1) is 0 Å². The molecule has 1 aromatic carbocycles. The maximum Gasteiger partial charge on any atom is 0.228 e. The number of nitrogens with zero attached hydrogens (tertiary/aromatic N) is 3. The standard InChI is InChI=1S/C12H9FN4O/c1-18-9-2-3-10(13)11(6-9)17-12-15-5-4-8(7-14)16-12/h2-6H,1H3,(H,15,16,17). The van der Waals surface area contributed by atoms with Crippen molar-refractivity contribution in [3.63, 3.8) is 0 Å². The topological polar surface area (TPSA) is 70.8 Å². The fourth-order valence-electron chi connectivity index (χ4n) is 1.33. The van der Waals surface area contributed by atoms with E-state index in [9.17, 15) is 4.39 Å². The van der Waals surface area contributed by atoms with Crippen LogP contribution in [0.2, 0.25) is 0 Å². The summed E-state index contributed by atoms with van der Waals surface area (Å²) in [5.41, 5.74) is 0.389. The molecule has 0 bridgehead atoms. The number of halogens is 1. The van der Waals surface area contributed by atoms with Crippen LogP contribution in [0.15, 0.2) is 30.5 Å². The third kappa shape index (κ3) is 2.52. The Kier molecular flexibility index (Phi) is 3.34. The molecule has 6 heteroatoms. The van der Waals surface area contributed by atoms with Crippen molar-refractivity contribution >= 4 is 11.6 Å². The Bertz CT molecular complexity index is 609. The summed E-state index contributed by atoms with van der Waals surface area (Å²) >= 11 is 0.